The maximum Gasteiger partial charge on any atom is 0.346 e. The highest BCUT2D eigenvalue weighted by Crippen LogP contribution is 2.23. The van der Waals surface area contributed by atoms with Gasteiger partial charge in [-0.25, -0.2) is 9.48 Å². The van der Waals surface area contributed by atoms with Crippen molar-refractivity contribution in [2.45, 2.75) is 25.8 Å². The molecule has 1 aromatic rings. The van der Waals surface area contributed by atoms with Crippen molar-refractivity contribution >= 4 is 5.82 Å². The second kappa shape index (κ2) is 5.16. The lowest BCUT2D eigenvalue weighted by molar-refractivity contribution is 0.367. The van der Waals surface area contributed by atoms with Crippen molar-refractivity contribution in [1.82, 2.24) is 14.3 Å². The van der Waals surface area contributed by atoms with Crippen LogP contribution in [0.25, 0.3) is 0 Å². The highest BCUT2D eigenvalue weighted by atomic mass is 16.2. The average molecular weight is 267 g/mol. The first-order valence-electron chi connectivity index (χ1n) is 6.56. The SMILES string of the molecule is CC1CCC(CN)CN1c1nn(C)c(=O)n(C)c1=O. The van der Waals surface area contributed by atoms with E-state index in [1.54, 1.807) is 7.05 Å². The van der Waals surface area contributed by atoms with Gasteiger partial charge in [0.05, 0.1) is 0 Å². The highest BCUT2D eigenvalue weighted by molar-refractivity contribution is 5.37. The van der Waals surface area contributed by atoms with Gasteiger partial charge in [0.1, 0.15) is 0 Å². The summed E-state index contributed by atoms with van der Waals surface area (Å²) >= 11 is 0. The monoisotopic (exact) mass is 267 g/mol. The molecule has 1 fully saturated rings. The molecule has 2 heterocycles. The Labute approximate surface area is 111 Å². The average Bonchev–Trinajstić information content (AvgIpc) is 2.41. The second-order valence-electron chi connectivity index (χ2n) is 5.27. The molecule has 19 heavy (non-hydrogen) atoms. The zero-order chi connectivity index (χ0) is 14.2. The van der Waals surface area contributed by atoms with E-state index in [0.717, 1.165) is 24.0 Å². The van der Waals surface area contributed by atoms with Crippen molar-refractivity contribution in [2.75, 3.05) is 18.0 Å². The molecule has 1 aromatic heterocycles. The van der Waals surface area contributed by atoms with E-state index in [2.05, 4.69) is 12.0 Å². The summed E-state index contributed by atoms with van der Waals surface area (Å²) in [6, 6.07) is 0.237. The minimum Gasteiger partial charge on any atom is -0.348 e. The van der Waals surface area contributed by atoms with Crippen LogP contribution in [-0.4, -0.2) is 33.5 Å². The Morgan fingerprint density at radius 3 is 2.63 bits per heavy atom. The van der Waals surface area contributed by atoms with Crippen LogP contribution < -0.4 is 21.9 Å². The molecule has 106 valence electrons. The summed E-state index contributed by atoms with van der Waals surface area (Å²) in [7, 11) is 3.03. The summed E-state index contributed by atoms with van der Waals surface area (Å²) in [6.07, 6.45) is 2.05. The summed E-state index contributed by atoms with van der Waals surface area (Å²) in [6.45, 7) is 3.40. The fourth-order valence-corrected chi connectivity index (χ4v) is 2.53. The molecule has 1 aliphatic heterocycles. The Balaban J connectivity index is 2.46. The molecule has 0 amide bonds. The zero-order valence-electron chi connectivity index (χ0n) is 11.7. The summed E-state index contributed by atoms with van der Waals surface area (Å²) in [4.78, 5) is 25.8. The van der Waals surface area contributed by atoms with Crippen LogP contribution in [0.3, 0.4) is 0 Å². The van der Waals surface area contributed by atoms with Gasteiger partial charge < -0.3 is 10.6 Å². The Bertz CT molecular complexity index is 576. The Hall–Kier alpha value is -1.63. The van der Waals surface area contributed by atoms with E-state index >= 15 is 0 Å². The van der Waals surface area contributed by atoms with E-state index in [9.17, 15) is 9.59 Å². The van der Waals surface area contributed by atoms with E-state index in [0.29, 0.717) is 18.3 Å². The highest BCUT2D eigenvalue weighted by Gasteiger charge is 2.28. The van der Waals surface area contributed by atoms with Gasteiger partial charge >= 0.3 is 5.69 Å². The van der Waals surface area contributed by atoms with Crippen molar-refractivity contribution in [2.24, 2.45) is 25.7 Å². The number of aryl methyl sites for hydroxylation is 1. The third kappa shape index (κ3) is 2.42. The van der Waals surface area contributed by atoms with Crippen LogP contribution in [0.5, 0.6) is 0 Å². The number of nitrogens with zero attached hydrogens (tertiary/aromatic N) is 4. The molecule has 7 nitrogen and oxygen atoms in total. The van der Waals surface area contributed by atoms with Gasteiger partial charge in [-0.1, -0.05) is 0 Å². The molecule has 7 heteroatoms. The van der Waals surface area contributed by atoms with Crippen molar-refractivity contribution in [3.8, 4) is 0 Å². The van der Waals surface area contributed by atoms with Crippen molar-refractivity contribution < 1.29 is 0 Å². The summed E-state index contributed by atoms with van der Waals surface area (Å²) < 4.78 is 2.30. The molecule has 2 rings (SSSR count). The lowest BCUT2D eigenvalue weighted by atomic mass is 9.93. The van der Waals surface area contributed by atoms with Crippen LogP contribution in [0.15, 0.2) is 9.59 Å². The van der Waals surface area contributed by atoms with Crippen molar-refractivity contribution in [1.29, 1.82) is 0 Å². The number of anilines is 1. The van der Waals surface area contributed by atoms with Gasteiger partial charge in [-0.2, -0.15) is 0 Å². The molecule has 0 aromatic carbocycles. The molecular weight excluding hydrogens is 246 g/mol. The molecule has 2 N–H and O–H groups in total. The Morgan fingerprint density at radius 2 is 2.00 bits per heavy atom. The molecule has 0 radical (unpaired) electrons. The normalized spacial score (nSPS) is 23.7. The topological polar surface area (TPSA) is 86.2 Å². The molecule has 0 aliphatic carbocycles. The van der Waals surface area contributed by atoms with Crippen LogP contribution >= 0.6 is 0 Å². The number of aromatic nitrogens is 3. The minimum absolute atomic E-state index is 0.237. The third-order valence-corrected chi connectivity index (χ3v) is 3.89. The van der Waals surface area contributed by atoms with E-state index in [1.807, 2.05) is 4.90 Å². The van der Waals surface area contributed by atoms with Gasteiger partial charge in [0.2, 0.25) is 5.82 Å². The largest absolute Gasteiger partial charge is 0.348 e. The van der Waals surface area contributed by atoms with Crippen molar-refractivity contribution in [3.05, 3.63) is 20.8 Å². The lowest BCUT2D eigenvalue weighted by Gasteiger charge is -2.38. The van der Waals surface area contributed by atoms with E-state index in [1.165, 1.54) is 11.7 Å². The fourth-order valence-electron chi connectivity index (χ4n) is 2.53. The number of hydrogen-bond acceptors (Lipinski definition) is 5. The maximum absolute atomic E-state index is 12.2. The summed E-state index contributed by atoms with van der Waals surface area (Å²) in [5, 5.41) is 4.13. The molecule has 1 aliphatic rings. The minimum atomic E-state index is -0.409. The second-order valence-corrected chi connectivity index (χ2v) is 5.27. The standard InChI is InChI=1S/C12H21N5O2/c1-8-4-5-9(6-13)7-17(8)10-11(18)15(2)12(19)16(3)14-10/h8-9H,4-7,13H2,1-3H3. The first kappa shape index (κ1) is 13.8. The van der Waals surface area contributed by atoms with Crippen LogP contribution in [0.4, 0.5) is 5.82 Å². The van der Waals surface area contributed by atoms with E-state index < -0.39 is 5.69 Å². The molecule has 2 atom stereocenters. The Kier molecular flexibility index (Phi) is 3.75. The molecule has 0 bridgehead atoms. The third-order valence-electron chi connectivity index (χ3n) is 3.89. The van der Waals surface area contributed by atoms with E-state index in [-0.39, 0.29) is 11.6 Å². The van der Waals surface area contributed by atoms with Crippen LogP contribution in [0, 0.1) is 5.92 Å². The van der Waals surface area contributed by atoms with Crippen molar-refractivity contribution in [3.63, 3.8) is 0 Å². The predicted octanol–water partition coefficient (Wildman–Crippen LogP) is -0.957. The quantitative estimate of drug-likeness (QED) is 0.746. The molecule has 1 saturated heterocycles. The van der Waals surface area contributed by atoms with Crippen LogP contribution in [0.1, 0.15) is 19.8 Å². The van der Waals surface area contributed by atoms with Gasteiger partial charge in [-0.05, 0) is 32.2 Å². The van der Waals surface area contributed by atoms with Crippen LogP contribution in [0.2, 0.25) is 0 Å². The summed E-state index contributed by atoms with van der Waals surface area (Å²) in [5.74, 6) is 0.718. The zero-order valence-corrected chi connectivity index (χ0v) is 11.7. The Morgan fingerprint density at radius 1 is 1.32 bits per heavy atom. The predicted molar refractivity (Wildman–Crippen MR) is 73.3 cm³/mol. The smallest absolute Gasteiger partial charge is 0.346 e. The molecular formula is C12H21N5O2. The molecule has 0 spiro atoms. The summed E-state index contributed by atoms with van der Waals surface area (Å²) in [5.41, 5.74) is 4.98. The number of nitrogens with two attached hydrogens (primary N) is 1. The van der Waals surface area contributed by atoms with Gasteiger partial charge in [0.25, 0.3) is 5.56 Å². The molecule has 0 saturated carbocycles. The van der Waals surface area contributed by atoms with Gasteiger partial charge in [-0.15, -0.1) is 5.10 Å². The van der Waals surface area contributed by atoms with E-state index in [4.69, 9.17) is 5.73 Å². The van der Waals surface area contributed by atoms with Gasteiger partial charge in [0.15, 0.2) is 0 Å². The fraction of sp³-hybridized carbons (Fsp3) is 0.750. The van der Waals surface area contributed by atoms with Crippen LogP contribution in [-0.2, 0) is 14.1 Å². The number of rotatable bonds is 2. The van der Waals surface area contributed by atoms with Gasteiger partial charge in [-0.3, -0.25) is 9.36 Å². The maximum atomic E-state index is 12.2. The lowest BCUT2D eigenvalue weighted by Crippen LogP contribution is -2.50. The van der Waals surface area contributed by atoms with Gasteiger partial charge in [0, 0.05) is 26.7 Å². The first-order valence-corrected chi connectivity index (χ1v) is 6.56. The number of piperidine rings is 1. The molecule has 2 unspecified atom stereocenters. The first-order chi connectivity index (χ1) is 8.95. The number of hydrogen-bond donors (Lipinski definition) is 1.